The number of thiazole rings is 1. The summed E-state index contributed by atoms with van der Waals surface area (Å²) in [7, 11) is -0.157. The molecule has 3 heterocycles. The van der Waals surface area contributed by atoms with Crippen molar-refractivity contribution in [3.05, 3.63) is 42.3 Å². The Kier molecular flexibility index (Phi) is 11.0. The van der Waals surface area contributed by atoms with Crippen molar-refractivity contribution in [3.8, 4) is 22.9 Å². The number of rotatable bonds is 12. The van der Waals surface area contributed by atoms with E-state index in [0.29, 0.717) is 38.9 Å². The van der Waals surface area contributed by atoms with E-state index in [1.54, 1.807) is 53.1 Å². The van der Waals surface area contributed by atoms with Gasteiger partial charge in [0.2, 0.25) is 11.8 Å². The molecule has 0 bridgehead atoms. The molecule has 3 aromatic rings. The molecule has 17 heteroatoms. The van der Waals surface area contributed by atoms with Gasteiger partial charge in [0.05, 0.1) is 24.9 Å². The number of hydrogen-bond acceptors (Lipinski definition) is 11. The fourth-order valence-electron chi connectivity index (χ4n) is 7.57. The monoisotopic (exact) mass is 784 g/mol. The third kappa shape index (κ3) is 7.66. The van der Waals surface area contributed by atoms with Crippen LogP contribution in [-0.2, 0) is 18.9 Å². The quantitative estimate of drug-likeness (QED) is 0.136. The number of alkyl carbamates (subject to hydrolysis) is 1. The van der Waals surface area contributed by atoms with Crippen LogP contribution in [0.3, 0.4) is 0 Å². The average Bonchev–Trinajstić information content (AvgIpc) is 3.49. The molecule has 1 saturated heterocycles. The molecule has 2 aliphatic carbocycles. The van der Waals surface area contributed by atoms with Crippen LogP contribution in [0.15, 0.2) is 42.3 Å². The number of amides is 3. The lowest BCUT2D eigenvalue weighted by atomic mass is 9.85. The Morgan fingerprint density at radius 2 is 1.87 bits per heavy atom. The summed E-state index contributed by atoms with van der Waals surface area (Å²) in [6.07, 6.45) is 3.19. The minimum atomic E-state index is -4.84. The number of nitrogens with zero attached hydrogens (tertiary/aromatic N) is 4. The standard InChI is InChI=1S/C37H49N6O9PS/c1-8-21-18-37(21,53(47,48)49)42(6)32(44)29-16-24(19-43(29)33(45)31(36(2,3)4)41-35(46)52-22-11-9-10-12-22)51-30-17-27(28-20-54-34(38-5)40-28)39-26-15-23(50-7)13-14-25(26)30/h8,13-15,17,20-22,24,29,31H,1,9-12,16,18-19H2,2-7H3,(H,38,40)(H,41,46)(H2,47,48,49)/t21-,24-,29+,31-,37+/m1/s1. The van der Waals surface area contributed by atoms with Gasteiger partial charge in [-0.2, -0.15) is 0 Å². The second-order valence-electron chi connectivity index (χ2n) is 15.3. The molecule has 3 fully saturated rings. The van der Waals surface area contributed by atoms with Gasteiger partial charge in [-0.3, -0.25) is 14.2 Å². The molecule has 0 spiro atoms. The SMILES string of the molecule is C=C[C@@H]1C[C@]1(N(C)C(=O)[C@@H]1C[C@@H](Oc2cc(-c3csc(NC)n3)nc3cc(OC)ccc23)CN1C(=O)[C@@H](NC(=O)OC1CCCC1)C(C)(C)C)P(=O)(O)O. The molecule has 3 aliphatic rings. The number of fused-ring (bicyclic) bond motifs is 1. The molecule has 1 aromatic carbocycles. The Bertz CT molecular complexity index is 1970. The molecule has 1 aliphatic heterocycles. The molecular weight excluding hydrogens is 735 g/mol. The number of hydrogen-bond donors (Lipinski definition) is 4. The lowest BCUT2D eigenvalue weighted by Gasteiger charge is -2.37. The van der Waals surface area contributed by atoms with Crippen LogP contribution in [0.4, 0.5) is 9.93 Å². The Morgan fingerprint density at radius 1 is 1.15 bits per heavy atom. The summed E-state index contributed by atoms with van der Waals surface area (Å²) in [5.74, 6) is -0.816. The number of carbonyl (C=O) groups excluding carboxylic acids is 3. The maximum atomic E-state index is 14.7. The topological polar surface area (TPSA) is 193 Å². The number of methoxy groups -OCH3 is 1. The highest BCUT2D eigenvalue weighted by molar-refractivity contribution is 7.54. The average molecular weight is 785 g/mol. The van der Waals surface area contributed by atoms with Crippen molar-refractivity contribution in [2.45, 2.75) is 88.9 Å². The van der Waals surface area contributed by atoms with E-state index in [1.807, 2.05) is 11.4 Å². The Balaban J connectivity index is 1.36. The first-order valence-corrected chi connectivity index (χ1v) is 20.5. The van der Waals surface area contributed by atoms with Crippen molar-refractivity contribution < 1.29 is 42.9 Å². The number of likely N-dealkylation sites (N-methyl/N-ethyl adjacent to an activating group) is 1. The summed E-state index contributed by atoms with van der Waals surface area (Å²) >= 11 is 1.42. The van der Waals surface area contributed by atoms with Crippen molar-refractivity contribution >= 4 is 52.9 Å². The van der Waals surface area contributed by atoms with E-state index in [-0.39, 0.29) is 25.5 Å². The van der Waals surface area contributed by atoms with Gasteiger partial charge >= 0.3 is 13.7 Å². The van der Waals surface area contributed by atoms with Crippen LogP contribution < -0.4 is 20.1 Å². The van der Waals surface area contributed by atoms with E-state index in [9.17, 15) is 28.7 Å². The van der Waals surface area contributed by atoms with E-state index in [4.69, 9.17) is 19.2 Å². The third-order valence-corrected chi connectivity index (χ3v) is 13.4. The first-order valence-electron chi connectivity index (χ1n) is 18.0. The molecule has 6 rings (SSSR count). The lowest BCUT2D eigenvalue weighted by Crippen LogP contribution is -2.58. The highest BCUT2D eigenvalue weighted by Crippen LogP contribution is 2.70. The van der Waals surface area contributed by atoms with Gasteiger partial charge in [0.1, 0.15) is 41.5 Å². The zero-order valence-corrected chi connectivity index (χ0v) is 33.1. The van der Waals surface area contributed by atoms with Gasteiger partial charge in [-0.05, 0) is 49.7 Å². The normalized spacial score (nSPS) is 23.5. The highest BCUT2D eigenvalue weighted by Gasteiger charge is 2.69. The predicted octanol–water partition coefficient (Wildman–Crippen LogP) is 5.38. The maximum absolute atomic E-state index is 14.7. The van der Waals surface area contributed by atoms with Gasteiger partial charge in [-0.25, -0.2) is 14.8 Å². The molecule has 292 valence electrons. The van der Waals surface area contributed by atoms with Crippen LogP contribution in [-0.4, -0.2) is 105 Å². The van der Waals surface area contributed by atoms with Crippen molar-refractivity contribution in [2.75, 3.05) is 33.1 Å². The Morgan fingerprint density at radius 3 is 2.46 bits per heavy atom. The number of likely N-dealkylation sites (tertiary alicyclic amines) is 1. The summed E-state index contributed by atoms with van der Waals surface area (Å²) in [6.45, 7) is 9.07. The number of carbonyl (C=O) groups is 3. The summed E-state index contributed by atoms with van der Waals surface area (Å²) in [4.78, 5) is 75.1. The molecular formula is C37H49N6O9PS. The zero-order valence-electron chi connectivity index (χ0n) is 31.4. The first kappa shape index (κ1) is 39.5. The van der Waals surface area contributed by atoms with Gasteiger partial charge < -0.3 is 44.4 Å². The minimum Gasteiger partial charge on any atom is -0.497 e. The summed E-state index contributed by atoms with van der Waals surface area (Å²) in [5.41, 5.74) is 0.915. The van der Waals surface area contributed by atoms with Crippen LogP contribution in [0.2, 0.25) is 0 Å². The first-order chi connectivity index (χ1) is 25.5. The highest BCUT2D eigenvalue weighted by atomic mass is 32.1. The van der Waals surface area contributed by atoms with Crippen LogP contribution in [0, 0.1) is 11.3 Å². The van der Waals surface area contributed by atoms with E-state index < -0.39 is 60.3 Å². The lowest BCUT2D eigenvalue weighted by molar-refractivity contribution is -0.146. The van der Waals surface area contributed by atoms with Gasteiger partial charge in [0, 0.05) is 49.3 Å². The third-order valence-electron chi connectivity index (χ3n) is 10.7. The van der Waals surface area contributed by atoms with Crippen LogP contribution in [0.25, 0.3) is 22.3 Å². The van der Waals surface area contributed by atoms with Crippen molar-refractivity contribution in [3.63, 3.8) is 0 Å². The summed E-state index contributed by atoms with van der Waals surface area (Å²) in [6, 6.07) is 4.86. The van der Waals surface area contributed by atoms with Gasteiger partial charge in [0.25, 0.3) is 0 Å². The molecule has 0 radical (unpaired) electrons. The summed E-state index contributed by atoms with van der Waals surface area (Å²) in [5, 5.41) is 7.26. The fourth-order valence-corrected chi connectivity index (χ4v) is 9.70. The molecule has 5 atom stereocenters. The van der Waals surface area contributed by atoms with Crippen molar-refractivity contribution in [1.82, 2.24) is 25.1 Å². The van der Waals surface area contributed by atoms with Crippen LogP contribution >= 0.6 is 18.9 Å². The molecule has 54 heavy (non-hydrogen) atoms. The fraction of sp³-hybridized carbons (Fsp3) is 0.541. The second kappa shape index (κ2) is 15.1. The number of nitrogens with one attached hydrogen (secondary N) is 2. The van der Waals surface area contributed by atoms with Crippen LogP contribution in [0.5, 0.6) is 11.5 Å². The Hall–Kier alpha value is -4.24. The summed E-state index contributed by atoms with van der Waals surface area (Å²) < 4.78 is 30.7. The number of anilines is 1. The molecule has 0 unspecified atom stereocenters. The smallest absolute Gasteiger partial charge is 0.408 e. The Labute approximate surface area is 318 Å². The van der Waals surface area contributed by atoms with E-state index in [0.717, 1.165) is 30.6 Å². The molecule has 3 amide bonds. The van der Waals surface area contributed by atoms with Crippen LogP contribution in [0.1, 0.15) is 59.3 Å². The van der Waals surface area contributed by atoms with Crippen molar-refractivity contribution in [2.24, 2.45) is 11.3 Å². The number of benzene rings is 1. The molecule has 4 N–H and O–H groups in total. The molecule has 15 nitrogen and oxygen atoms in total. The van der Waals surface area contributed by atoms with Gasteiger partial charge in [0.15, 0.2) is 10.4 Å². The molecule has 2 aromatic heterocycles. The number of aromatic nitrogens is 2. The largest absolute Gasteiger partial charge is 0.497 e. The van der Waals surface area contributed by atoms with E-state index in [2.05, 4.69) is 22.2 Å². The van der Waals surface area contributed by atoms with Gasteiger partial charge in [-0.1, -0.05) is 26.8 Å². The van der Waals surface area contributed by atoms with E-state index in [1.165, 1.54) is 29.4 Å². The molecule has 2 saturated carbocycles. The predicted molar refractivity (Wildman–Crippen MR) is 204 cm³/mol. The minimum absolute atomic E-state index is 0.00417. The zero-order chi connectivity index (χ0) is 39.2. The van der Waals surface area contributed by atoms with E-state index >= 15 is 0 Å². The number of pyridine rings is 1. The van der Waals surface area contributed by atoms with Gasteiger partial charge in [-0.15, -0.1) is 17.9 Å². The number of ether oxygens (including phenoxy) is 3. The second-order valence-corrected chi connectivity index (χ2v) is 18.0. The van der Waals surface area contributed by atoms with Crippen molar-refractivity contribution in [1.29, 1.82) is 0 Å². The maximum Gasteiger partial charge on any atom is 0.408 e.